The van der Waals surface area contributed by atoms with Gasteiger partial charge in [0.1, 0.15) is 11.6 Å². The monoisotopic (exact) mass is 338 g/mol. The van der Waals surface area contributed by atoms with Crippen LogP contribution in [0.2, 0.25) is 0 Å². The molecule has 0 atom stereocenters. The van der Waals surface area contributed by atoms with Crippen LogP contribution in [-0.4, -0.2) is 13.0 Å². The van der Waals surface area contributed by atoms with Crippen LogP contribution in [0.1, 0.15) is 10.4 Å². The van der Waals surface area contributed by atoms with Gasteiger partial charge in [0.05, 0.1) is 17.3 Å². The van der Waals surface area contributed by atoms with Crippen LogP contribution < -0.4 is 15.8 Å². The number of carbonyl (C=O) groups is 1. The van der Waals surface area contributed by atoms with Crippen molar-refractivity contribution in [3.05, 3.63) is 52.3 Å². The molecule has 0 spiro atoms. The summed E-state index contributed by atoms with van der Waals surface area (Å²) in [7, 11) is 1.49. The molecule has 0 aromatic heterocycles. The summed E-state index contributed by atoms with van der Waals surface area (Å²) in [6.45, 7) is 0. The Hall–Kier alpha value is -2.08. The number of methoxy groups -OCH3 is 1. The molecule has 2 aromatic carbocycles. The minimum Gasteiger partial charge on any atom is -0.495 e. The molecule has 0 aliphatic carbocycles. The third-order valence-corrected chi connectivity index (χ3v) is 3.30. The van der Waals surface area contributed by atoms with E-state index < -0.39 is 11.7 Å². The molecule has 0 aliphatic heterocycles. The standard InChI is InChI=1S/C14H12BrFN2O2/c1-20-13-5-3-9(17)7-12(13)18-14(19)8-2-4-10(15)11(16)6-8/h2-7H,17H2,1H3,(H,18,19). The Balaban J connectivity index is 2.27. The van der Waals surface area contributed by atoms with Crippen LogP contribution in [0.5, 0.6) is 5.75 Å². The van der Waals surface area contributed by atoms with Gasteiger partial charge in [0.2, 0.25) is 0 Å². The zero-order valence-electron chi connectivity index (χ0n) is 10.6. The molecule has 0 unspecified atom stereocenters. The molecule has 0 saturated heterocycles. The molecule has 4 nitrogen and oxygen atoms in total. The van der Waals surface area contributed by atoms with E-state index in [0.29, 0.717) is 21.6 Å². The lowest BCUT2D eigenvalue weighted by Gasteiger charge is -2.11. The van der Waals surface area contributed by atoms with E-state index in [4.69, 9.17) is 10.5 Å². The quantitative estimate of drug-likeness (QED) is 0.842. The first-order valence-electron chi connectivity index (χ1n) is 5.71. The van der Waals surface area contributed by atoms with E-state index in [1.165, 1.54) is 19.2 Å². The molecule has 0 bridgehead atoms. The highest BCUT2D eigenvalue weighted by Gasteiger charge is 2.12. The lowest BCUT2D eigenvalue weighted by molar-refractivity contribution is 0.102. The Bertz CT molecular complexity index is 662. The van der Waals surface area contributed by atoms with Crippen molar-refractivity contribution in [3.63, 3.8) is 0 Å². The maximum absolute atomic E-state index is 13.4. The zero-order chi connectivity index (χ0) is 14.7. The van der Waals surface area contributed by atoms with Gasteiger partial charge in [-0.1, -0.05) is 0 Å². The van der Waals surface area contributed by atoms with Crippen LogP contribution in [0.25, 0.3) is 0 Å². The fourth-order valence-electron chi connectivity index (χ4n) is 1.66. The van der Waals surface area contributed by atoms with Crippen LogP contribution in [0, 0.1) is 5.82 Å². The second-order valence-corrected chi connectivity index (χ2v) is 4.90. The largest absolute Gasteiger partial charge is 0.495 e. The molecule has 0 saturated carbocycles. The second kappa shape index (κ2) is 5.92. The van der Waals surface area contributed by atoms with E-state index in [1.807, 2.05) is 0 Å². The molecule has 0 fully saturated rings. The van der Waals surface area contributed by atoms with Crippen molar-refractivity contribution in [2.45, 2.75) is 0 Å². The first kappa shape index (κ1) is 14.3. The maximum atomic E-state index is 13.4. The Morgan fingerprint density at radius 2 is 2.05 bits per heavy atom. The number of anilines is 2. The van der Waals surface area contributed by atoms with Gasteiger partial charge in [0.15, 0.2) is 0 Å². The topological polar surface area (TPSA) is 64.3 Å². The highest BCUT2D eigenvalue weighted by Crippen LogP contribution is 2.27. The van der Waals surface area contributed by atoms with Gasteiger partial charge in [-0.05, 0) is 52.3 Å². The van der Waals surface area contributed by atoms with E-state index in [2.05, 4.69) is 21.2 Å². The average molecular weight is 339 g/mol. The van der Waals surface area contributed by atoms with Crippen LogP contribution in [0.4, 0.5) is 15.8 Å². The fraction of sp³-hybridized carbons (Fsp3) is 0.0714. The Kier molecular flexibility index (Phi) is 4.24. The van der Waals surface area contributed by atoms with Gasteiger partial charge in [-0.2, -0.15) is 0 Å². The van der Waals surface area contributed by atoms with E-state index in [0.717, 1.165) is 6.07 Å². The van der Waals surface area contributed by atoms with Crippen LogP contribution in [-0.2, 0) is 0 Å². The predicted octanol–water partition coefficient (Wildman–Crippen LogP) is 3.43. The number of halogens is 2. The normalized spacial score (nSPS) is 10.2. The highest BCUT2D eigenvalue weighted by molar-refractivity contribution is 9.10. The lowest BCUT2D eigenvalue weighted by atomic mass is 10.2. The average Bonchev–Trinajstić information content (AvgIpc) is 2.42. The third kappa shape index (κ3) is 3.08. The number of nitrogens with one attached hydrogen (secondary N) is 1. The van der Waals surface area contributed by atoms with E-state index in [1.54, 1.807) is 18.2 Å². The van der Waals surface area contributed by atoms with E-state index >= 15 is 0 Å². The molecule has 3 N–H and O–H groups in total. The SMILES string of the molecule is COc1ccc(N)cc1NC(=O)c1ccc(Br)c(F)c1. The number of ether oxygens (including phenoxy) is 1. The molecule has 2 rings (SSSR count). The maximum Gasteiger partial charge on any atom is 0.255 e. The molecule has 104 valence electrons. The molecule has 2 aromatic rings. The number of benzene rings is 2. The molecule has 0 aliphatic rings. The van der Waals surface area contributed by atoms with Crippen molar-refractivity contribution >= 4 is 33.2 Å². The summed E-state index contributed by atoms with van der Waals surface area (Å²) in [5, 5.41) is 2.64. The van der Waals surface area contributed by atoms with Gasteiger partial charge >= 0.3 is 0 Å². The first-order chi connectivity index (χ1) is 9.51. The summed E-state index contributed by atoms with van der Waals surface area (Å²) >= 11 is 3.03. The van der Waals surface area contributed by atoms with Gasteiger partial charge in [0.25, 0.3) is 5.91 Å². The van der Waals surface area contributed by atoms with Crippen molar-refractivity contribution in [1.29, 1.82) is 0 Å². The number of nitrogens with two attached hydrogens (primary N) is 1. The van der Waals surface area contributed by atoms with Gasteiger partial charge in [-0.15, -0.1) is 0 Å². The Morgan fingerprint density at radius 1 is 1.30 bits per heavy atom. The molecule has 0 radical (unpaired) electrons. The van der Waals surface area contributed by atoms with E-state index in [9.17, 15) is 9.18 Å². The number of nitrogen functional groups attached to an aromatic ring is 1. The van der Waals surface area contributed by atoms with Crippen molar-refractivity contribution < 1.29 is 13.9 Å². The number of hydrogen-bond acceptors (Lipinski definition) is 3. The summed E-state index contributed by atoms with van der Waals surface area (Å²) in [6.07, 6.45) is 0. The molecule has 0 heterocycles. The summed E-state index contributed by atoms with van der Waals surface area (Å²) in [5.74, 6) is -0.470. The lowest BCUT2D eigenvalue weighted by Crippen LogP contribution is -2.13. The number of rotatable bonds is 3. The minimum absolute atomic E-state index is 0.204. The smallest absolute Gasteiger partial charge is 0.255 e. The molecule has 20 heavy (non-hydrogen) atoms. The zero-order valence-corrected chi connectivity index (χ0v) is 12.2. The predicted molar refractivity (Wildman–Crippen MR) is 79.5 cm³/mol. The van der Waals surface area contributed by atoms with Crippen molar-refractivity contribution in [2.24, 2.45) is 0 Å². The third-order valence-electron chi connectivity index (χ3n) is 2.65. The second-order valence-electron chi connectivity index (χ2n) is 4.04. The van der Waals surface area contributed by atoms with Crippen LogP contribution >= 0.6 is 15.9 Å². The molecular weight excluding hydrogens is 327 g/mol. The van der Waals surface area contributed by atoms with Crippen molar-refractivity contribution in [3.8, 4) is 5.75 Å². The van der Waals surface area contributed by atoms with Gasteiger partial charge in [-0.3, -0.25) is 4.79 Å². The van der Waals surface area contributed by atoms with E-state index in [-0.39, 0.29) is 5.56 Å². The molecule has 1 amide bonds. The van der Waals surface area contributed by atoms with Crippen LogP contribution in [0.15, 0.2) is 40.9 Å². The highest BCUT2D eigenvalue weighted by atomic mass is 79.9. The number of amides is 1. The van der Waals surface area contributed by atoms with Crippen molar-refractivity contribution in [1.82, 2.24) is 0 Å². The number of hydrogen-bond donors (Lipinski definition) is 2. The Morgan fingerprint density at radius 3 is 2.70 bits per heavy atom. The van der Waals surface area contributed by atoms with Crippen molar-refractivity contribution in [2.75, 3.05) is 18.2 Å². The van der Waals surface area contributed by atoms with Gasteiger partial charge in [-0.25, -0.2) is 4.39 Å². The Labute approximate surface area is 123 Å². The first-order valence-corrected chi connectivity index (χ1v) is 6.50. The summed E-state index contributed by atoms with van der Waals surface area (Å²) in [5.41, 5.74) is 6.79. The summed E-state index contributed by atoms with van der Waals surface area (Å²) < 4.78 is 18.8. The molecular formula is C14H12BrFN2O2. The number of carbonyl (C=O) groups excluding carboxylic acids is 1. The fourth-order valence-corrected chi connectivity index (χ4v) is 1.90. The molecule has 6 heteroatoms. The van der Waals surface area contributed by atoms with Gasteiger partial charge in [0, 0.05) is 11.3 Å². The summed E-state index contributed by atoms with van der Waals surface area (Å²) in [6, 6.07) is 9.02. The van der Waals surface area contributed by atoms with Gasteiger partial charge < -0.3 is 15.8 Å². The summed E-state index contributed by atoms with van der Waals surface area (Å²) in [4.78, 5) is 12.1. The minimum atomic E-state index is -0.503. The van der Waals surface area contributed by atoms with Crippen LogP contribution in [0.3, 0.4) is 0 Å².